The second kappa shape index (κ2) is 6.10. The quantitative estimate of drug-likeness (QED) is 0.851. The number of carbonyl (C=O) groups is 1. The number of alkyl halides is 1. The third kappa shape index (κ3) is 3.77. The van der Waals surface area contributed by atoms with Crippen molar-refractivity contribution in [2.75, 3.05) is 6.54 Å². The minimum atomic E-state index is -1.11. The molecule has 0 aromatic heterocycles. The summed E-state index contributed by atoms with van der Waals surface area (Å²) in [5.41, 5.74) is -0.270. The molecule has 0 fully saturated rings. The molecule has 1 amide bonds. The molecule has 0 aliphatic heterocycles. The fourth-order valence-electron chi connectivity index (χ4n) is 1.20. The normalized spacial score (nSPS) is 12.6. The summed E-state index contributed by atoms with van der Waals surface area (Å²) in [6.07, 6.45) is 0. The first kappa shape index (κ1) is 14.1. The Balaban J connectivity index is 2.68. The van der Waals surface area contributed by atoms with Gasteiger partial charge in [-0.25, -0.2) is 8.78 Å². The van der Waals surface area contributed by atoms with Gasteiger partial charge in [-0.2, -0.15) is 0 Å². The van der Waals surface area contributed by atoms with Gasteiger partial charge in [0.1, 0.15) is 0 Å². The Morgan fingerprint density at radius 2 is 2.06 bits per heavy atom. The van der Waals surface area contributed by atoms with Crippen LogP contribution in [-0.4, -0.2) is 17.3 Å². The fraction of sp³-hybridized carbons (Fsp3) is 0.417. The number of hydrogen-bond acceptors (Lipinski definition) is 1. The molecule has 0 aliphatic carbocycles. The van der Waals surface area contributed by atoms with E-state index in [1.54, 1.807) is 0 Å². The predicted molar refractivity (Wildman–Crippen MR) is 66.2 cm³/mol. The summed E-state index contributed by atoms with van der Waals surface area (Å²) >= 11 is 3.39. The predicted octanol–water partition coefficient (Wildman–Crippen LogP) is 3.11. The molecule has 0 saturated carbocycles. The molecule has 17 heavy (non-hydrogen) atoms. The van der Waals surface area contributed by atoms with Gasteiger partial charge in [-0.15, -0.1) is 0 Å². The van der Waals surface area contributed by atoms with Crippen LogP contribution in [0.25, 0.3) is 0 Å². The molecule has 0 heterocycles. The average Bonchev–Trinajstić information content (AvgIpc) is 2.29. The first-order chi connectivity index (χ1) is 7.93. The number of hydrogen-bond donors (Lipinski definition) is 1. The molecule has 1 atom stereocenters. The van der Waals surface area contributed by atoms with Crippen LogP contribution in [0, 0.1) is 17.6 Å². The van der Waals surface area contributed by atoms with Crippen molar-refractivity contribution < 1.29 is 13.6 Å². The lowest BCUT2D eigenvalue weighted by atomic mass is 10.1. The average molecular weight is 306 g/mol. The third-order valence-corrected chi connectivity index (χ3v) is 3.76. The van der Waals surface area contributed by atoms with Crippen molar-refractivity contribution >= 4 is 21.8 Å². The van der Waals surface area contributed by atoms with Crippen LogP contribution >= 0.6 is 15.9 Å². The van der Waals surface area contributed by atoms with Gasteiger partial charge in [0.2, 0.25) is 0 Å². The van der Waals surface area contributed by atoms with E-state index in [2.05, 4.69) is 21.2 Å². The van der Waals surface area contributed by atoms with Crippen LogP contribution in [0.1, 0.15) is 24.2 Å². The van der Waals surface area contributed by atoms with E-state index in [1.165, 1.54) is 12.1 Å². The van der Waals surface area contributed by atoms with Crippen LogP contribution < -0.4 is 5.32 Å². The van der Waals surface area contributed by atoms with E-state index in [-0.39, 0.29) is 10.4 Å². The summed E-state index contributed by atoms with van der Waals surface area (Å²) in [7, 11) is 0. The minimum absolute atomic E-state index is 0.100. The summed E-state index contributed by atoms with van der Waals surface area (Å²) < 4.78 is 26.2. The maximum absolute atomic E-state index is 13.3. The first-order valence-corrected chi connectivity index (χ1v) is 6.21. The molecular formula is C12H14BrF2NO. The van der Waals surface area contributed by atoms with Crippen molar-refractivity contribution in [2.45, 2.75) is 18.7 Å². The Morgan fingerprint density at radius 3 is 2.65 bits per heavy atom. The van der Waals surface area contributed by atoms with E-state index in [1.807, 2.05) is 13.8 Å². The Hall–Kier alpha value is -0.970. The SMILES string of the molecule is CC(C)C(Br)CNC(=O)c1cccc(F)c1F. The Bertz CT molecular complexity index is 409. The van der Waals surface area contributed by atoms with Crippen LogP contribution in [0.2, 0.25) is 0 Å². The largest absolute Gasteiger partial charge is 0.351 e. The lowest BCUT2D eigenvalue weighted by Crippen LogP contribution is -2.32. The molecule has 5 heteroatoms. The van der Waals surface area contributed by atoms with E-state index >= 15 is 0 Å². The van der Waals surface area contributed by atoms with E-state index in [4.69, 9.17) is 0 Å². The van der Waals surface area contributed by atoms with Gasteiger partial charge in [0.05, 0.1) is 5.56 Å². The number of nitrogens with one attached hydrogen (secondary N) is 1. The van der Waals surface area contributed by atoms with Crippen molar-refractivity contribution in [1.82, 2.24) is 5.32 Å². The summed E-state index contributed by atoms with van der Waals surface area (Å²) in [6, 6.07) is 3.54. The second-order valence-electron chi connectivity index (χ2n) is 4.07. The number of benzene rings is 1. The number of carbonyl (C=O) groups excluding carboxylic acids is 1. The molecular weight excluding hydrogens is 292 g/mol. The van der Waals surface area contributed by atoms with Gasteiger partial charge < -0.3 is 5.32 Å². The number of amides is 1. The Morgan fingerprint density at radius 1 is 1.41 bits per heavy atom. The van der Waals surface area contributed by atoms with Gasteiger partial charge in [-0.05, 0) is 18.1 Å². The highest BCUT2D eigenvalue weighted by molar-refractivity contribution is 9.09. The van der Waals surface area contributed by atoms with E-state index < -0.39 is 17.5 Å². The first-order valence-electron chi connectivity index (χ1n) is 5.29. The monoisotopic (exact) mass is 305 g/mol. The molecule has 94 valence electrons. The lowest BCUT2D eigenvalue weighted by molar-refractivity contribution is 0.0948. The van der Waals surface area contributed by atoms with Crippen LogP contribution in [0.4, 0.5) is 8.78 Å². The number of rotatable bonds is 4. The van der Waals surface area contributed by atoms with Crippen molar-refractivity contribution in [3.63, 3.8) is 0 Å². The van der Waals surface area contributed by atoms with E-state index in [0.29, 0.717) is 12.5 Å². The molecule has 0 radical (unpaired) electrons. The Labute approximate surface area is 108 Å². The summed E-state index contributed by atoms with van der Waals surface area (Å²) in [5, 5.41) is 2.56. The van der Waals surface area contributed by atoms with Gasteiger partial charge in [0, 0.05) is 11.4 Å². The standard InChI is InChI=1S/C12H14BrF2NO/c1-7(2)9(13)6-16-12(17)8-4-3-5-10(14)11(8)15/h3-5,7,9H,6H2,1-2H3,(H,16,17). The Kier molecular flexibility index (Phi) is 5.05. The highest BCUT2D eigenvalue weighted by Crippen LogP contribution is 2.13. The van der Waals surface area contributed by atoms with Crippen LogP contribution in [0.3, 0.4) is 0 Å². The lowest BCUT2D eigenvalue weighted by Gasteiger charge is -2.14. The third-order valence-electron chi connectivity index (χ3n) is 2.38. The van der Waals surface area contributed by atoms with Gasteiger partial charge in [-0.1, -0.05) is 35.8 Å². The summed E-state index contributed by atoms with van der Waals surface area (Å²) in [5.74, 6) is -2.39. The van der Waals surface area contributed by atoms with E-state index in [9.17, 15) is 13.6 Å². The molecule has 1 rings (SSSR count). The van der Waals surface area contributed by atoms with Crippen LogP contribution in [0.15, 0.2) is 18.2 Å². The minimum Gasteiger partial charge on any atom is -0.351 e. The maximum atomic E-state index is 13.3. The van der Waals surface area contributed by atoms with Crippen molar-refractivity contribution in [2.24, 2.45) is 5.92 Å². The van der Waals surface area contributed by atoms with Gasteiger partial charge >= 0.3 is 0 Å². The number of halogens is 3. The summed E-state index contributed by atoms with van der Waals surface area (Å²) in [4.78, 5) is 11.7. The highest BCUT2D eigenvalue weighted by Gasteiger charge is 2.16. The molecule has 0 spiro atoms. The zero-order valence-corrected chi connectivity index (χ0v) is 11.2. The molecule has 1 aromatic rings. The molecule has 1 N–H and O–H groups in total. The fourth-order valence-corrected chi connectivity index (χ4v) is 1.36. The van der Waals surface area contributed by atoms with Gasteiger partial charge in [-0.3, -0.25) is 4.79 Å². The van der Waals surface area contributed by atoms with E-state index in [0.717, 1.165) is 6.07 Å². The second-order valence-corrected chi connectivity index (χ2v) is 5.25. The molecule has 0 bridgehead atoms. The molecule has 1 unspecified atom stereocenters. The smallest absolute Gasteiger partial charge is 0.254 e. The molecule has 1 aromatic carbocycles. The molecule has 2 nitrogen and oxygen atoms in total. The van der Waals surface area contributed by atoms with Crippen LogP contribution in [0.5, 0.6) is 0 Å². The maximum Gasteiger partial charge on any atom is 0.254 e. The summed E-state index contributed by atoms with van der Waals surface area (Å²) in [6.45, 7) is 4.36. The zero-order chi connectivity index (χ0) is 13.0. The zero-order valence-electron chi connectivity index (χ0n) is 9.64. The van der Waals surface area contributed by atoms with Crippen molar-refractivity contribution in [1.29, 1.82) is 0 Å². The van der Waals surface area contributed by atoms with Crippen LogP contribution in [-0.2, 0) is 0 Å². The van der Waals surface area contributed by atoms with Crippen molar-refractivity contribution in [3.8, 4) is 0 Å². The topological polar surface area (TPSA) is 29.1 Å². The van der Waals surface area contributed by atoms with Gasteiger partial charge in [0.25, 0.3) is 5.91 Å². The van der Waals surface area contributed by atoms with Gasteiger partial charge in [0.15, 0.2) is 11.6 Å². The molecule has 0 saturated heterocycles. The molecule has 0 aliphatic rings. The highest BCUT2D eigenvalue weighted by atomic mass is 79.9. The van der Waals surface area contributed by atoms with Crippen molar-refractivity contribution in [3.05, 3.63) is 35.4 Å².